The third-order valence-corrected chi connectivity index (χ3v) is 8.95. The molecule has 1 aliphatic carbocycles. The summed E-state index contributed by atoms with van der Waals surface area (Å²) in [5.74, 6) is 3.05. The van der Waals surface area contributed by atoms with Gasteiger partial charge in [0.1, 0.15) is 6.29 Å². The highest BCUT2D eigenvalue weighted by Crippen LogP contribution is 2.50. The van der Waals surface area contributed by atoms with Crippen LogP contribution in [-0.2, 0) is 16.1 Å². The molecule has 1 fully saturated rings. The summed E-state index contributed by atoms with van der Waals surface area (Å²) in [4.78, 5) is 11.7. The monoisotopic (exact) mass is 438 g/mol. The minimum atomic E-state index is -0.0501. The average molecular weight is 439 g/mol. The summed E-state index contributed by atoms with van der Waals surface area (Å²) < 4.78 is 7.56. The molecule has 0 spiro atoms. The summed E-state index contributed by atoms with van der Waals surface area (Å²) in [7, 11) is 0. The van der Waals surface area contributed by atoms with Gasteiger partial charge in [-0.3, -0.25) is 0 Å². The molecule has 1 heterocycles. The second-order valence-corrected chi connectivity index (χ2v) is 10.1. The van der Waals surface area contributed by atoms with E-state index in [1.165, 1.54) is 17.1 Å². The number of rotatable bonds is 7. The number of hydrogen-bond donors (Lipinski definition) is 0. The molecule has 3 rings (SSSR count). The second kappa shape index (κ2) is 9.45. The molecular formula is C20H23BrO2S2. The fourth-order valence-electron chi connectivity index (χ4n) is 3.61. The van der Waals surface area contributed by atoms with Crippen LogP contribution in [0.3, 0.4) is 0 Å². The van der Waals surface area contributed by atoms with Crippen LogP contribution in [-0.4, -0.2) is 29.0 Å². The maximum atomic E-state index is 11.7. The Hall–Kier alpha value is -0.490. The number of hydrogen-bond acceptors (Lipinski definition) is 4. The first kappa shape index (κ1) is 19.3. The molecule has 1 aromatic rings. The van der Waals surface area contributed by atoms with Crippen molar-refractivity contribution < 1.29 is 9.53 Å². The highest BCUT2D eigenvalue weighted by molar-refractivity contribution is 9.11. The van der Waals surface area contributed by atoms with E-state index < -0.39 is 0 Å². The normalized spacial score (nSPS) is 30.0. The lowest BCUT2D eigenvalue weighted by molar-refractivity contribution is -0.111. The van der Waals surface area contributed by atoms with Crippen molar-refractivity contribution in [3.63, 3.8) is 0 Å². The molecule has 1 saturated heterocycles. The van der Waals surface area contributed by atoms with E-state index in [1.54, 1.807) is 0 Å². The van der Waals surface area contributed by atoms with Crippen LogP contribution in [0.4, 0.5) is 0 Å². The average Bonchev–Trinajstić information content (AvgIpc) is 3.17. The zero-order valence-electron chi connectivity index (χ0n) is 14.1. The molecule has 5 heteroatoms. The lowest BCUT2D eigenvalue weighted by Gasteiger charge is -2.40. The Balaban J connectivity index is 1.72. The van der Waals surface area contributed by atoms with Crippen LogP contribution in [0.25, 0.3) is 0 Å². The highest BCUT2D eigenvalue weighted by Gasteiger charge is 2.43. The van der Waals surface area contributed by atoms with Crippen LogP contribution in [0.15, 0.2) is 53.5 Å². The van der Waals surface area contributed by atoms with Gasteiger partial charge in [0.25, 0.3) is 0 Å². The van der Waals surface area contributed by atoms with Gasteiger partial charge in [0.15, 0.2) is 0 Å². The van der Waals surface area contributed by atoms with Crippen molar-refractivity contribution in [2.75, 3.05) is 18.1 Å². The summed E-state index contributed by atoms with van der Waals surface area (Å²) in [6.45, 7) is 5.33. The summed E-state index contributed by atoms with van der Waals surface area (Å²) in [6.07, 6.45) is 5.22. The first-order valence-electron chi connectivity index (χ1n) is 8.54. The zero-order valence-corrected chi connectivity index (χ0v) is 17.3. The standard InChI is InChI=1S/C20H23BrO2S2/c1-2-16-17(13-23-12-14-6-4-3-5-7-14)18(21)10-15(11-22)19(16)20-24-8-9-25-20/h2-7,10-11,15-17,19-20H,1,8-9,12-13H2/t15-,16+,17+,19+/m1/s1. The van der Waals surface area contributed by atoms with Gasteiger partial charge in [0, 0.05) is 23.3 Å². The van der Waals surface area contributed by atoms with Crippen LogP contribution in [0.1, 0.15) is 5.56 Å². The van der Waals surface area contributed by atoms with Gasteiger partial charge in [0.2, 0.25) is 0 Å². The van der Waals surface area contributed by atoms with Crippen molar-refractivity contribution in [2.45, 2.75) is 11.2 Å². The minimum absolute atomic E-state index is 0.0501. The van der Waals surface area contributed by atoms with Crippen LogP contribution < -0.4 is 0 Å². The Labute approximate surface area is 167 Å². The summed E-state index contributed by atoms with van der Waals surface area (Å²) in [6, 6.07) is 10.2. The SMILES string of the molecule is C=C[C@@H]1[C@@H](C2SCCS2)[C@@H](C=O)C=C(Br)[C@H]1COCc1ccccc1. The fraction of sp³-hybridized carbons (Fsp3) is 0.450. The Bertz CT molecular complexity index is 613. The number of carbonyl (C=O) groups excluding carboxylic acids is 1. The van der Waals surface area contributed by atoms with Crippen molar-refractivity contribution in [3.05, 3.63) is 59.1 Å². The van der Waals surface area contributed by atoms with Gasteiger partial charge in [-0.2, -0.15) is 0 Å². The van der Waals surface area contributed by atoms with Gasteiger partial charge in [-0.15, -0.1) is 30.1 Å². The van der Waals surface area contributed by atoms with E-state index in [0.29, 0.717) is 23.7 Å². The third-order valence-electron chi connectivity index (χ3n) is 4.86. The first-order chi connectivity index (χ1) is 12.2. The van der Waals surface area contributed by atoms with Crippen LogP contribution in [0.2, 0.25) is 0 Å². The number of benzene rings is 1. The molecule has 0 unspecified atom stereocenters. The Morgan fingerprint density at radius 1 is 1.24 bits per heavy atom. The van der Waals surface area contributed by atoms with E-state index in [9.17, 15) is 4.79 Å². The number of aldehydes is 1. The molecule has 1 aromatic carbocycles. The maximum absolute atomic E-state index is 11.7. The van der Waals surface area contributed by atoms with Gasteiger partial charge in [-0.25, -0.2) is 0 Å². The Morgan fingerprint density at radius 3 is 2.60 bits per heavy atom. The number of thioether (sulfide) groups is 2. The summed E-state index contributed by atoms with van der Waals surface area (Å²) in [5.41, 5.74) is 1.18. The number of allylic oxidation sites excluding steroid dienone is 2. The molecule has 0 amide bonds. The molecule has 0 bridgehead atoms. The van der Waals surface area contributed by atoms with Crippen LogP contribution >= 0.6 is 39.5 Å². The number of ether oxygens (including phenoxy) is 1. The Kier molecular flexibility index (Phi) is 7.28. The van der Waals surface area contributed by atoms with Crippen molar-refractivity contribution in [3.8, 4) is 0 Å². The van der Waals surface area contributed by atoms with E-state index in [-0.39, 0.29) is 17.8 Å². The molecule has 134 valence electrons. The quantitative estimate of drug-likeness (QED) is 0.434. The van der Waals surface area contributed by atoms with E-state index in [0.717, 1.165) is 10.8 Å². The molecule has 2 nitrogen and oxygen atoms in total. The highest BCUT2D eigenvalue weighted by atomic mass is 79.9. The molecule has 0 radical (unpaired) electrons. The molecule has 0 saturated carbocycles. The van der Waals surface area contributed by atoms with Gasteiger partial charge in [-0.1, -0.05) is 58.4 Å². The van der Waals surface area contributed by atoms with Crippen molar-refractivity contribution in [2.24, 2.45) is 23.7 Å². The largest absolute Gasteiger partial charge is 0.376 e. The van der Waals surface area contributed by atoms with E-state index in [2.05, 4.69) is 40.7 Å². The van der Waals surface area contributed by atoms with Crippen molar-refractivity contribution in [1.29, 1.82) is 0 Å². The smallest absolute Gasteiger partial charge is 0.127 e. The van der Waals surface area contributed by atoms with Gasteiger partial charge >= 0.3 is 0 Å². The van der Waals surface area contributed by atoms with E-state index in [4.69, 9.17) is 4.74 Å². The predicted molar refractivity (Wildman–Crippen MR) is 112 cm³/mol. The van der Waals surface area contributed by atoms with Gasteiger partial charge in [0.05, 0.1) is 17.8 Å². The van der Waals surface area contributed by atoms with Crippen LogP contribution in [0, 0.1) is 23.7 Å². The van der Waals surface area contributed by atoms with Crippen molar-refractivity contribution in [1.82, 2.24) is 0 Å². The summed E-state index contributed by atoms with van der Waals surface area (Å²) >= 11 is 7.66. The lowest BCUT2D eigenvalue weighted by Crippen LogP contribution is -2.39. The molecule has 4 atom stereocenters. The summed E-state index contributed by atoms with van der Waals surface area (Å²) in [5, 5.41) is 0. The molecule has 0 N–H and O–H groups in total. The Morgan fingerprint density at radius 2 is 1.96 bits per heavy atom. The first-order valence-corrected chi connectivity index (χ1v) is 11.4. The van der Waals surface area contributed by atoms with Gasteiger partial charge in [-0.05, 0) is 21.9 Å². The van der Waals surface area contributed by atoms with Gasteiger partial charge < -0.3 is 9.53 Å². The van der Waals surface area contributed by atoms with Crippen molar-refractivity contribution >= 4 is 45.7 Å². The number of carbonyl (C=O) groups is 1. The second-order valence-electron chi connectivity index (χ2n) is 6.37. The topological polar surface area (TPSA) is 26.3 Å². The molecule has 2 aliphatic rings. The molecule has 1 aliphatic heterocycles. The molecular weight excluding hydrogens is 416 g/mol. The lowest BCUT2D eigenvalue weighted by atomic mass is 9.71. The van der Waals surface area contributed by atoms with Crippen LogP contribution in [0.5, 0.6) is 0 Å². The van der Waals surface area contributed by atoms with E-state index in [1.807, 2.05) is 47.8 Å². The molecule has 0 aromatic heterocycles. The minimum Gasteiger partial charge on any atom is -0.376 e. The fourth-order valence-corrected chi connectivity index (χ4v) is 7.72. The van der Waals surface area contributed by atoms with E-state index >= 15 is 0 Å². The number of halogens is 1. The third kappa shape index (κ3) is 4.62. The zero-order chi connectivity index (χ0) is 17.6. The molecule has 25 heavy (non-hydrogen) atoms. The predicted octanol–water partition coefficient (Wildman–Crippen LogP) is 5.15. The maximum Gasteiger partial charge on any atom is 0.127 e.